The molecular weight excluding hydrogens is 216 g/mol. The summed E-state index contributed by atoms with van der Waals surface area (Å²) >= 11 is 0. The van der Waals surface area contributed by atoms with E-state index in [-0.39, 0.29) is 5.69 Å². The number of aromatic amines is 1. The van der Waals surface area contributed by atoms with Crippen LogP contribution >= 0.6 is 0 Å². The van der Waals surface area contributed by atoms with Crippen molar-refractivity contribution in [2.24, 2.45) is 0 Å². The van der Waals surface area contributed by atoms with Gasteiger partial charge in [-0.2, -0.15) is 4.98 Å². The van der Waals surface area contributed by atoms with Gasteiger partial charge >= 0.3 is 5.69 Å². The number of nitrogens with one attached hydrogen (secondary N) is 2. The van der Waals surface area contributed by atoms with Gasteiger partial charge in [0, 0.05) is 30.3 Å². The average molecular weight is 234 g/mol. The number of likely N-dealkylation sites (tertiary alicyclic amines) is 1. The Morgan fingerprint density at radius 1 is 1.29 bits per heavy atom. The lowest BCUT2D eigenvalue weighted by Crippen LogP contribution is -2.31. The Bertz CT molecular complexity index is 474. The highest BCUT2D eigenvalue weighted by Gasteiger charge is 2.26. The fraction of sp³-hybridized carbons (Fsp3) is 0.667. The quantitative estimate of drug-likeness (QED) is 0.728. The van der Waals surface area contributed by atoms with Gasteiger partial charge in [-0.1, -0.05) is 0 Å². The van der Waals surface area contributed by atoms with E-state index in [1.807, 2.05) is 0 Å². The smallest absolute Gasteiger partial charge is 0.308 e. The Kier molecular flexibility index (Phi) is 2.72. The molecule has 1 aromatic heterocycles. The molecule has 0 radical (unpaired) electrons. The van der Waals surface area contributed by atoms with E-state index >= 15 is 0 Å². The van der Waals surface area contributed by atoms with Gasteiger partial charge in [-0.05, 0) is 33.0 Å². The first-order chi connectivity index (χ1) is 8.24. The number of H-pyrrole nitrogens is 1. The molecule has 3 heterocycles. The number of fused-ring (bicyclic) bond motifs is 1. The molecule has 2 aliphatic rings. The van der Waals surface area contributed by atoms with Crippen molar-refractivity contribution < 1.29 is 0 Å². The molecule has 3 rings (SSSR count). The number of aromatic nitrogens is 2. The number of nitrogens with zero attached hydrogens (tertiary/aromatic N) is 2. The third-order valence-electron chi connectivity index (χ3n) is 3.86. The third kappa shape index (κ3) is 2.00. The highest BCUT2D eigenvalue weighted by atomic mass is 16.1. The second kappa shape index (κ2) is 4.23. The van der Waals surface area contributed by atoms with Crippen molar-refractivity contribution in [3.8, 4) is 0 Å². The molecule has 0 bridgehead atoms. The van der Waals surface area contributed by atoms with Crippen molar-refractivity contribution in [2.75, 3.05) is 20.1 Å². The van der Waals surface area contributed by atoms with E-state index in [0.29, 0.717) is 5.92 Å². The molecular formula is C12H18N4O. The first-order valence-corrected chi connectivity index (χ1v) is 6.25. The molecule has 0 spiro atoms. The van der Waals surface area contributed by atoms with Crippen molar-refractivity contribution in [3.63, 3.8) is 0 Å². The highest BCUT2D eigenvalue weighted by Crippen LogP contribution is 2.29. The molecule has 1 fully saturated rings. The number of rotatable bonds is 1. The van der Waals surface area contributed by atoms with Crippen molar-refractivity contribution in [3.05, 3.63) is 27.4 Å². The topological polar surface area (TPSA) is 61.0 Å². The zero-order chi connectivity index (χ0) is 11.8. The molecule has 0 saturated carbocycles. The minimum atomic E-state index is -0.193. The van der Waals surface area contributed by atoms with Crippen molar-refractivity contribution in [2.45, 2.75) is 31.8 Å². The van der Waals surface area contributed by atoms with Gasteiger partial charge in [-0.3, -0.25) is 0 Å². The van der Waals surface area contributed by atoms with Gasteiger partial charge in [-0.15, -0.1) is 0 Å². The van der Waals surface area contributed by atoms with Gasteiger partial charge in [0.15, 0.2) is 0 Å². The largest absolute Gasteiger partial charge is 0.345 e. The SMILES string of the molecule is CN1CCC(c2nc(=O)[nH]c3c2CNC3)CC1. The van der Waals surface area contributed by atoms with Gasteiger partial charge in [0.25, 0.3) is 0 Å². The van der Waals surface area contributed by atoms with E-state index in [0.717, 1.165) is 50.4 Å². The maximum atomic E-state index is 11.6. The molecule has 0 atom stereocenters. The lowest BCUT2D eigenvalue weighted by atomic mass is 9.90. The monoisotopic (exact) mass is 234 g/mol. The van der Waals surface area contributed by atoms with Gasteiger partial charge in [-0.25, -0.2) is 4.79 Å². The summed E-state index contributed by atoms with van der Waals surface area (Å²) < 4.78 is 0. The minimum Gasteiger partial charge on any atom is -0.308 e. The molecule has 1 aromatic rings. The second-order valence-electron chi connectivity index (χ2n) is 5.07. The molecule has 5 nitrogen and oxygen atoms in total. The van der Waals surface area contributed by atoms with Crippen LogP contribution in [0.25, 0.3) is 0 Å². The average Bonchev–Trinajstić information content (AvgIpc) is 2.77. The molecule has 2 N–H and O–H groups in total. The van der Waals surface area contributed by atoms with Crippen LogP contribution in [0.1, 0.15) is 35.7 Å². The zero-order valence-electron chi connectivity index (χ0n) is 10.1. The zero-order valence-corrected chi connectivity index (χ0v) is 10.1. The maximum absolute atomic E-state index is 11.6. The summed E-state index contributed by atoms with van der Waals surface area (Å²) in [4.78, 5) is 20.9. The van der Waals surface area contributed by atoms with Crippen LogP contribution in [0.3, 0.4) is 0 Å². The molecule has 92 valence electrons. The Morgan fingerprint density at radius 3 is 2.82 bits per heavy atom. The molecule has 0 amide bonds. The van der Waals surface area contributed by atoms with Crippen LogP contribution in [0.15, 0.2) is 4.79 Å². The van der Waals surface area contributed by atoms with Gasteiger partial charge in [0.1, 0.15) is 0 Å². The molecule has 0 aliphatic carbocycles. The first kappa shape index (κ1) is 10.9. The minimum absolute atomic E-state index is 0.193. The molecule has 17 heavy (non-hydrogen) atoms. The molecule has 0 aromatic carbocycles. The Labute approximate surface area is 100 Å². The Hall–Kier alpha value is -1.20. The summed E-state index contributed by atoms with van der Waals surface area (Å²) in [5.74, 6) is 0.460. The van der Waals surface area contributed by atoms with Crippen LogP contribution < -0.4 is 11.0 Å². The van der Waals surface area contributed by atoms with Crippen LogP contribution in [0, 0.1) is 0 Å². The van der Waals surface area contributed by atoms with Crippen molar-refractivity contribution in [1.82, 2.24) is 20.2 Å². The lowest BCUT2D eigenvalue weighted by Gasteiger charge is -2.29. The second-order valence-corrected chi connectivity index (χ2v) is 5.07. The summed E-state index contributed by atoms with van der Waals surface area (Å²) in [5.41, 5.74) is 3.13. The Morgan fingerprint density at radius 2 is 2.06 bits per heavy atom. The molecule has 0 unspecified atom stereocenters. The van der Waals surface area contributed by atoms with E-state index in [1.165, 1.54) is 5.56 Å². The summed E-state index contributed by atoms with van der Waals surface area (Å²) in [6.45, 7) is 3.82. The fourth-order valence-electron chi connectivity index (χ4n) is 2.84. The van der Waals surface area contributed by atoms with Gasteiger partial charge in [0.05, 0.1) is 5.69 Å². The fourth-order valence-corrected chi connectivity index (χ4v) is 2.84. The van der Waals surface area contributed by atoms with Crippen LogP contribution in [-0.4, -0.2) is 35.0 Å². The van der Waals surface area contributed by atoms with E-state index in [9.17, 15) is 4.79 Å². The normalized spacial score (nSPS) is 21.7. The maximum Gasteiger partial charge on any atom is 0.345 e. The lowest BCUT2D eigenvalue weighted by molar-refractivity contribution is 0.252. The summed E-state index contributed by atoms with van der Waals surface area (Å²) in [7, 11) is 2.15. The van der Waals surface area contributed by atoms with Gasteiger partial charge in [0.2, 0.25) is 0 Å². The van der Waals surface area contributed by atoms with Crippen LogP contribution in [0.5, 0.6) is 0 Å². The third-order valence-corrected chi connectivity index (χ3v) is 3.86. The molecule has 2 aliphatic heterocycles. The highest BCUT2D eigenvalue weighted by molar-refractivity contribution is 5.30. The van der Waals surface area contributed by atoms with E-state index in [2.05, 4.69) is 27.2 Å². The van der Waals surface area contributed by atoms with Gasteiger partial charge < -0.3 is 15.2 Å². The number of hydrogen-bond donors (Lipinski definition) is 2. The molecule has 1 saturated heterocycles. The number of hydrogen-bond acceptors (Lipinski definition) is 4. The van der Waals surface area contributed by atoms with Crippen LogP contribution in [0.4, 0.5) is 0 Å². The van der Waals surface area contributed by atoms with Crippen LogP contribution in [-0.2, 0) is 13.1 Å². The predicted octanol–water partition coefficient (Wildman–Crippen LogP) is 0.182. The van der Waals surface area contributed by atoms with E-state index in [1.54, 1.807) is 0 Å². The number of piperidine rings is 1. The first-order valence-electron chi connectivity index (χ1n) is 6.25. The Balaban J connectivity index is 1.95. The predicted molar refractivity (Wildman–Crippen MR) is 64.9 cm³/mol. The van der Waals surface area contributed by atoms with Crippen molar-refractivity contribution >= 4 is 0 Å². The van der Waals surface area contributed by atoms with Crippen LogP contribution in [0.2, 0.25) is 0 Å². The summed E-state index contributed by atoms with van der Waals surface area (Å²) in [6, 6.07) is 0. The summed E-state index contributed by atoms with van der Waals surface area (Å²) in [5, 5.41) is 3.28. The molecule has 5 heteroatoms. The standard InChI is InChI=1S/C12H18N4O/c1-16-4-2-8(3-5-16)11-9-6-13-7-10(9)14-12(17)15-11/h8,13H,2-7H2,1H3,(H,14,15,17). The van der Waals surface area contributed by atoms with E-state index in [4.69, 9.17) is 0 Å². The van der Waals surface area contributed by atoms with Crippen molar-refractivity contribution in [1.29, 1.82) is 0 Å². The summed E-state index contributed by atoms with van der Waals surface area (Å²) in [6.07, 6.45) is 2.22. The van der Waals surface area contributed by atoms with E-state index < -0.39 is 0 Å².